The molecular formula is C18H16F3N5O. The predicted octanol–water partition coefficient (Wildman–Crippen LogP) is 2.82. The number of aromatic amines is 1. The van der Waals surface area contributed by atoms with Crippen LogP contribution in [-0.4, -0.2) is 55.4 Å². The Balaban J connectivity index is 1.49. The molecule has 2 fully saturated rings. The highest BCUT2D eigenvalue weighted by Gasteiger charge is 2.85. The van der Waals surface area contributed by atoms with Gasteiger partial charge >= 0.3 is 0 Å². The summed E-state index contributed by atoms with van der Waals surface area (Å²) >= 11 is 0. The zero-order valence-corrected chi connectivity index (χ0v) is 14.4. The van der Waals surface area contributed by atoms with Gasteiger partial charge in [0.05, 0.1) is 24.0 Å². The molecule has 1 aliphatic heterocycles. The van der Waals surface area contributed by atoms with Gasteiger partial charge in [0.2, 0.25) is 0 Å². The summed E-state index contributed by atoms with van der Waals surface area (Å²) in [5.74, 6) is -6.41. The van der Waals surface area contributed by atoms with Crippen molar-refractivity contribution in [3.05, 3.63) is 30.5 Å². The second kappa shape index (κ2) is 5.17. The van der Waals surface area contributed by atoms with Crippen molar-refractivity contribution in [3.63, 3.8) is 0 Å². The van der Waals surface area contributed by atoms with Crippen LogP contribution in [0.25, 0.3) is 21.9 Å². The number of H-pyrrole nitrogens is 1. The normalized spacial score (nSPS) is 29.6. The van der Waals surface area contributed by atoms with Crippen LogP contribution in [0.4, 0.5) is 13.2 Å². The standard InChI is InChI=1S/C18H16F3N5O/c1-9-17(19,18(9,20)21)16(27)26-5-3-10(7-26)14-13-11-2-4-22-15(11)23-6-12(13)24-8-25-14/h2,4,6,8-10H,3,5,7H2,1H3,(H,24,25). The summed E-state index contributed by atoms with van der Waals surface area (Å²) in [5.41, 5.74) is -0.971. The van der Waals surface area contributed by atoms with Gasteiger partial charge in [-0.1, -0.05) is 6.92 Å². The van der Waals surface area contributed by atoms with Gasteiger partial charge in [0.1, 0.15) is 0 Å². The van der Waals surface area contributed by atoms with Crippen LogP contribution in [0.15, 0.2) is 24.8 Å². The minimum atomic E-state index is -3.59. The lowest BCUT2D eigenvalue weighted by Crippen LogP contribution is -2.40. The maximum absolute atomic E-state index is 14.5. The van der Waals surface area contributed by atoms with E-state index in [9.17, 15) is 18.0 Å². The average molecular weight is 375 g/mol. The van der Waals surface area contributed by atoms with Gasteiger partial charge in [0.15, 0.2) is 5.65 Å². The Hall–Kier alpha value is -2.71. The molecule has 1 saturated carbocycles. The Morgan fingerprint density at radius 3 is 2.81 bits per heavy atom. The van der Waals surface area contributed by atoms with Crippen molar-refractivity contribution < 1.29 is 18.0 Å². The van der Waals surface area contributed by atoms with E-state index in [1.165, 1.54) is 4.90 Å². The molecule has 140 valence electrons. The Kier molecular flexibility index (Phi) is 3.15. The van der Waals surface area contributed by atoms with E-state index in [1.54, 1.807) is 18.7 Å². The largest absolute Gasteiger partial charge is 0.349 e. The van der Waals surface area contributed by atoms with Crippen molar-refractivity contribution in [2.45, 2.75) is 30.9 Å². The monoisotopic (exact) mass is 375 g/mol. The van der Waals surface area contributed by atoms with Crippen molar-refractivity contribution >= 4 is 27.8 Å². The molecule has 27 heavy (non-hydrogen) atoms. The van der Waals surface area contributed by atoms with Crippen molar-refractivity contribution in [3.8, 4) is 0 Å². The van der Waals surface area contributed by atoms with E-state index in [4.69, 9.17) is 0 Å². The number of rotatable bonds is 2. The molecule has 3 aromatic heterocycles. The second-order valence-electron chi connectivity index (χ2n) is 7.31. The molecule has 1 N–H and O–H groups in total. The van der Waals surface area contributed by atoms with E-state index in [2.05, 4.69) is 19.9 Å². The molecule has 0 spiro atoms. The lowest BCUT2D eigenvalue weighted by molar-refractivity contribution is -0.141. The molecule has 4 heterocycles. The molecule has 9 heteroatoms. The summed E-state index contributed by atoms with van der Waals surface area (Å²) in [4.78, 5) is 29.5. The number of aromatic nitrogens is 4. The zero-order valence-electron chi connectivity index (χ0n) is 14.4. The third-order valence-corrected chi connectivity index (χ3v) is 5.94. The molecule has 6 nitrogen and oxygen atoms in total. The number of alkyl halides is 3. The number of carbonyl (C=O) groups excluding carboxylic acids is 1. The number of nitrogens with zero attached hydrogens (tertiary/aromatic N) is 4. The van der Waals surface area contributed by atoms with Crippen LogP contribution < -0.4 is 0 Å². The minimum absolute atomic E-state index is 0.133. The van der Waals surface area contributed by atoms with Gasteiger partial charge in [-0.25, -0.2) is 28.1 Å². The van der Waals surface area contributed by atoms with E-state index in [1.807, 2.05) is 6.07 Å². The van der Waals surface area contributed by atoms with Crippen LogP contribution in [0.1, 0.15) is 25.0 Å². The van der Waals surface area contributed by atoms with E-state index < -0.39 is 23.4 Å². The number of hydrogen-bond acceptors (Lipinski definition) is 4. The first-order valence-corrected chi connectivity index (χ1v) is 8.78. The zero-order chi connectivity index (χ0) is 19.0. The lowest BCUT2D eigenvalue weighted by Gasteiger charge is -2.19. The van der Waals surface area contributed by atoms with Gasteiger partial charge in [-0.3, -0.25) is 4.79 Å². The topological polar surface area (TPSA) is 74.8 Å². The summed E-state index contributed by atoms with van der Waals surface area (Å²) in [7, 11) is 0. The number of carbonyl (C=O) groups is 1. The molecule has 2 aliphatic rings. The molecule has 1 saturated heterocycles. The van der Waals surface area contributed by atoms with Crippen LogP contribution in [0.2, 0.25) is 0 Å². The molecule has 0 aromatic carbocycles. The van der Waals surface area contributed by atoms with Gasteiger partial charge in [0, 0.05) is 41.7 Å². The van der Waals surface area contributed by atoms with Crippen molar-refractivity contribution in [1.82, 2.24) is 24.8 Å². The number of fused-ring (bicyclic) bond motifs is 3. The fourth-order valence-corrected chi connectivity index (χ4v) is 4.17. The molecule has 0 radical (unpaired) electrons. The first kappa shape index (κ1) is 16.5. The van der Waals surface area contributed by atoms with Gasteiger partial charge in [-0.05, 0) is 12.5 Å². The highest BCUT2D eigenvalue weighted by molar-refractivity contribution is 6.04. The summed E-state index contributed by atoms with van der Waals surface area (Å²) in [6, 6.07) is 1.84. The SMILES string of the molecule is CC1C(F)(F)C1(F)C(=O)N1CCC(c2[nH]cnc3cnc4nccc4c23)C1. The predicted molar refractivity (Wildman–Crippen MR) is 91.1 cm³/mol. The summed E-state index contributed by atoms with van der Waals surface area (Å²) in [6.45, 7) is 1.49. The van der Waals surface area contributed by atoms with E-state index in [0.717, 1.165) is 23.4 Å². The highest BCUT2D eigenvalue weighted by atomic mass is 19.3. The molecule has 3 aromatic rings. The first-order valence-electron chi connectivity index (χ1n) is 8.78. The number of likely N-dealkylation sites (tertiary alicyclic amines) is 1. The van der Waals surface area contributed by atoms with E-state index in [-0.39, 0.29) is 19.0 Å². The maximum Gasteiger partial charge on any atom is 0.297 e. The smallest absolute Gasteiger partial charge is 0.297 e. The van der Waals surface area contributed by atoms with Crippen LogP contribution >= 0.6 is 0 Å². The van der Waals surface area contributed by atoms with Gasteiger partial charge < -0.3 is 9.88 Å². The molecule has 3 unspecified atom stereocenters. The molecular weight excluding hydrogens is 359 g/mol. The summed E-state index contributed by atoms with van der Waals surface area (Å²) in [6.07, 6.45) is 5.37. The molecule has 1 amide bonds. The number of amides is 1. The van der Waals surface area contributed by atoms with E-state index >= 15 is 0 Å². The van der Waals surface area contributed by atoms with Gasteiger partial charge in [0.25, 0.3) is 17.5 Å². The van der Waals surface area contributed by atoms with Gasteiger partial charge in [-0.2, -0.15) is 0 Å². The number of halogens is 3. The second-order valence-corrected chi connectivity index (χ2v) is 7.31. The Morgan fingerprint density at radius 1 is 1.30 bits per heavy atom. The molecule has 1 aliphatic carbocycles. The van der Waals surface area contributed by atoms with Crippen LogP contribution in [0, 0.1) is 5.92 Å². The highest BCUT2D eigenvalue weighted by Crippen LogP contribution is 2.62. The summed E-state index contributed by atoms with van der Waals surface area (Å²) < 4.78 is 41.7. The summed E-state index contributed by atoms with van der Waals surface area (Å²) in [5, 5.41) is 1.68. The maximum atomic E-state index is 14.5. The van der Waals surface area contributed by atoms with Crippen molar-refractivity contribution in [2.24, 2.45) is 5.92 Å². The van der Waals surface area contributed by atoms with Gasteiger partial charge in [-0.15, -0.1) is 0 Å². The van der Waals surface area contributed by atoms with Crippen LogP contribution in [0.5, 0.6) is 0 Å². The first-order chi connectivity index (χ1) is 12.9. The lowest BCUT2D eigenvalue weighted by atomic mass is 9.99. The number of nitrogens with one attached hydrogen (secondary N) is 1. The Labute approximate surface area is 151 Å². The quantitative estimate of drug-likeness (QED) is 0.747. The number of pyridine rings is 1. The van der Waals surface area contributed by atoms with E-state index in [0.29, 0.717) is 17.6 Å². The molecule has 3 atom stereocenters. The third kappa shape index (κ3) is 2.02. The number of hydrogen-bond donors (Lipinski definition) is 1. The Bertz CT molecular complexity index is 1080. The van der Waals surface area contributed by atoms with Crippen LogP contribution in [0.3, 0.4) is 0 Å². The third-order valence-electron chi connectivity index (χ3n) is 5.94. The Morgan fingerprint density at radius 2 is 2.07 bits per heavy atom. The molecule has 5 rings (SSSR count). The average Bonchev–Trinajstić information content (AvgIpc) is 3.20. The van der Waals surface area contributed by atoms with Crippen molar-refractivity contribution in [2.75, 3.05) is 13.1 Å². The fourth-order valence-electron chi connectivity index (χ4n) is 4.17. The van der Waals surface area contributed by atoms with Crippen LogP contribution in [-0.2, 0) is 4.79 Å². The molecule has 0 bridgehead atoms. The van der Waals surface area contributed by atoms with Crippen molar-refractivity contribution in [1.29, 1.82) is 0 Å². The minimum Gasteiger partial charge on any atom is -0.349 e. The fraction of sp³-hybridized carbons (Fsp3) is 0.444.